The molecule has 1 unspecified atom stereocenters. The molecule has 3 rings (SSSR count). The first-order chi connectivity index (χ1) is 14.0. The van der Waals surface area contributed by atoms with Gasteiger partial charge >= 0.3 is 0 Å². The number of rotatable bonds is 3. The summed E-state index contributed by atoms with van der Waals surface area (Å²) in [5, 5.41) is 12.7. The zero-order valence-electron chi connectivity index (χ0n) is 16.6. The van der Waals surface area contributed by atoms with Gasteiger partial charge in [-0.25, -0.2) is 13.2 Å². The number of halogens is 3. The molecule has 7 nitrogen and oxygen atoms in total. The molecule has 0 radical (unpaired) electrons. The monoisotopic (exact) mass is 422 g/mol. The molecule has 0 bridgehead atoms. The van der Waals surface area contributed by atoms with Crippen LogP contribution in [-0.4, -0.2) is 46.9 Å². The van der Waals surface area contributed by atoms with E-state index in [9.17, 15) is 23.5 Å². The minimum Gasteiger partial charge on any atom is -0.365 e. The van der Waals surface area contributed by atoms with Gasteiger partial charge in [0.1, 0.15) is 5.56 Å². The summed E-state index contributed by atoms with van der Waals surface area (Å²) in [7, 11) is 0. The Labute approximate surface area is 170 Å². The Morgan fingerprint density at radius 1 is 1.33 bits per heavy atom. The number of benzene rings is 1. The van der Waals surface area contributed by atoms with Crippen LogP contribution in [0.25, 0.3) is 10.9 Å². The van der Waals surface area contributed by atoms with E-state index in [0.29, 0.717) is 11.3 Å². The number of piperidine rings is 1. The van der Waals surface area contributed by atoms with Crippen molar-refractivity contribution in [3.8, 4) is 11.8 Å². The molecule has 2 aromatic rings. The highest BCUT2D eigenvalue weighted by atomic mass is 19.2. The van der Waals surface area contributed by atoms with E-state index >= 15 is 4.39 Å². The molecule has 2 amide bonds. The van der Waals surface area contributed by atoms with E-state index in [2.05, 4.69) is 22.1 Å². The highest BCUT2D eigenvalue weighted by Gasteiger charge is 2.41. The van der Waals surface area contributed by atoms with Crippen molar-refractivity contribution in [3.05, 3.63) is 28.5 Å². The lowest BCUT2D eigenvalue weighted by Gasteiger charge is -2.40. The molecule has 0 saturated carbocycles. The Morgan fingerprint density at radius 2 is 2.00 bits per heavy atom. The lowest BCUT2D eigenvalue weighted by Crippen LogP contribution is -2.57. The molecule has 5 N–H and O–H groups in total. The minimum absolute atomic E-state index is 0.0168. The highest BCUT2D eigenvalue weighted by Crippen LogP contribution is 2.40. The van der Waals surface area contributed by atoms with Gasteiger partial charge in [0.2, 0.25) is 5.85 Å². The summed E-state index contributed by atoms with van der Waals surface area (Å²) < 4.78 is 44.6. The number of carbonyl (C=O) groups is 2. The van der Waals surface area contributed by atoms with Gasteiger partial charge in [-0.3, -0.25) is 9.59 Å². The highest BCUT2D eigenvalue weighted by molar-refractivity contribution is 6.10. The third kappa shape index (κ3) is 3.68. The van der Waals surface area contributed by atoms with Crippen LogP contribution in [0.3, 0.4) is 0 Å². The maximum atomic E-state index is 15.1. The number of β-amino-alcohol motifs (C(OH)–C–C–N with tert-alkyl or cyclic N) is 1. The molecule has 0 spiro atoms. The van der Waals surface area contributed by atoms with Crippen LogP contribution in [0.1, 0.15) is 35.0 Å². The second-order valence-corrected chi connectivity index (χ2v) is 7.39. The number of anilines is 1. The maximum Gasteiger partial charge on any atom is 0.296 e. The van der Waals surface area contributed by atoms with Gasteiger partial charge in [-0.15, -0.1) is 0 Å². The molecule has 1 fully saturated rings. The number of nitrogens with one attached hydrogen (secondary N) is 2. The van der Waals surface area contributed by atoms with Gasteiger partial charge in [-0.2, -0.15) is 0 Å². The Morgan fingerprint density at radius 3 is 2.60 bits per heavy atom. The molecule has 1 saturated heterocycles. The molecule has 160 valence electrons. The van der Waals surface area contributed by atoms with Gasteiger partial charge in [-0.1, -0.05) is 5.92 Å². The van der Waals surface area contributed by atoms with Gasteiger partial charge in [-0.05, 0) is 32.3 Å². The van der Waals surface area contributed by atoms with E-state index < -0.39 is 53.9 Å². The lowest BCUT2D eigenvalue weighted by atomic mass is 9.97. The fourth-order valence-corrected chi connectivity index (χ4v) is 3.90. The van der Waals surface area contributed by atoms with Crippen LogP contribution in [-0.2, 0) is 4.79 Å². The van der Waals surface area contributed by atoms with Crippen molar-refractivity contribution >= 4 is 28.4 Å². The molecular weight excluding hydrogens is 401 g/mol. The van der Waals surface area contributed by atoms with Gasteiger partial charge in [0.15, 0.2) is 11.6 Å². The summed E-state index contributed by atoms with van der Waals surface area (Å²) in [6.45, 7) is 3.94. The van der Waals surface area contributed by atoms with Gasteiger partial charge in [0.05, 0.1) is 23.8 Å². The first-order valence-corrected chi connectivity index (χ1v) is 9.16. The summed E-state index contributed by atoms with van der Waals surface area (Å²) in [4.78, 5) is 27.5. The number of amides is 2. The average Bonchev–Trinajstić information content (AvgIpc) is 2.89. The number of aromatic nitrogens is 1. The van der Waals surface area contributed by atoms with Gasteiger partial charge < -0.3 is 26.0 Å². The van der Waals surface area contributed by atoms with Crippen LogP contribution < -0.4 is 16.0 Å². The van der Waals surface area contributed by atoms with E-state index in [4.69, 9.17) is 5.73 Å². The van der Waals surface area contributed by atoms with E-state index in [-0.39, 0.29) is 23.1 Å². The number of aromatic amines is 1. The number of hydrogen-bond donors (Lipinski definition) is 4. The van der Waals surface area contributed by atoms with Crippen LogP contribution >= 0.6 is 0 Å². The summed E-state index contributed by atoms with van der Waals surface area (Å²) in [6, 6.07) is -0.921. The number of carbonyl (C=O) groups excluding carboxylic acids is 2. The molecule has 0 aliphatic carbocycles. The van der Waals surface area contributed by atoms with Gasteiger partial charge in [0, 0.05) is 24.0 Å². The largest absolute Gasteiger partial charge is 0.365 e. The normalized spacial score (nSPS) is 21.3. The summed E-state index contributed by atoms with van der Waals surface area (Å²) >= 11 is 0. The molecule has 1 aliphatic rings. The Kier molecular flexibility index (Phi) is 5.43. The molecule has 30 heavy (non-hydrogen) atoms. The van der Waals surface area contributed by atoms with Crippen LogP contribution in [0.15, 0.2) is 0 Å². The molecule has 10 heteroatoms. The quantitative estimate of drug-likeness (QED) is 0.562. The SMILES string of the molecule is CC#CC(=O)N[C@@H]1CN(c2c(F)c(F)c(C(N)=O)c3[nH]c(C)c(C)c23)CC(O)(F)C1. The van der Waals surface area contributed by atoms with E-state index in [1.54, 1.807) is 13.8 Å². The number of alkyl halides is 1. The zero-order chi connectivity index (χ0) is 22.4. The van der Waals surface area contributed by atoms with E-state index in [0.717, 1.165) is 4.90 Å². The molecular formula is C20H21F3N4O3. The predicted molar refractivity (Wildman–Crippen MR) is 104 cm³/mol. The molecule has 1 aromatic heterocycles. The first-order valence-electron chi connectivity index (χ1n) is 9.16. The number of nitrogens with zero attached hydrogens (tertiary/aromatic N) is 1. The number of H-pyrrole nitrogens is 1. The number of fused-ring (bicyclic) bond motifs is 1. The Hall–Kier alpha value is -3.19. The van der Waals surface area contributed by atoms with E-state index in [1.807, 2.05) is 0 Å². The zero-order valence-corrected chi connectivity index (χ0v) is 16.6. The van der Waals surface area contributed by atoms with Gasteiger partial charge in [0.25, 0.3) is 11.8 Å². The fourth-order valence-electron chi connectivity index (χ4n) is 3.90. The Bertz CT molecular complexity index is 1110. The molecule has 1 aliphatic heterocycles. The number of nitrogens with two attached hydrogens (primary N) is 1. The number of hydrogen-bond acceptors (Lipinski definition) is 4. The van der Waals surface area contributed by atoms with Crippen molar-refractivity contribution in [1.82, 2.24) is 10.3 Å². The second-order valence-electron chi connectivity index (χ2n) is 7.39. The van der Waals surface area contributed by atoms with Crippen LogP contribution in [0.4, 0.5) is 18.9 Å². The number of aliphatic hydroxyl groups is 1. The van der Waals surface area contributed by atoms with Crippen molar-refractivity contribution in [3.63, 3.8) is 0 Å². The third-order valence-electron chi connectivity index (χ3n) is 5.18. The minimum atomic E-state index is -2.79. The second kappa shape index (κ2) is 7.57. The van der Waals surface area contributed by atoms with Crippen molar-refractivity contribution < 1.29 is 27.9 Å². The smallest absolute Gasteiger partial charge is 0.296 e. The lowest BCUT2D eigenvalue weighted by molar-refractivity contribution is -0.120. The van der Waals surface area contributed by atoms with Crippen LogP contribution in [0, 0.1) is 37.3 Å². The molecule has 2 atom stereocenters. The fraction of sp³-hybridized carbons (Fsp3) is 0.400. The van der Waals surface area contributed by atoms with E-state index in [1.165, 1.54) is 6.92 Å². The summed E-state index contributed by atoms with van der Waals surface area (Å²) in [5.41, 5.74) is 5.30. The average molecular weight is 422 g/mol. The predicted octanol–water partition coefficient (Wildman–Crippen LogP) is 1.54. The van der Waals surface area contributed by atoms with Crippen molar-refractivity contribution in [2.75, 3.05) is 18.0 Å². The molecule has 1 aromatic carbocycles. The van der Waals surface area contributed by atoms with Crippen molar-refractivity contribution in [2.45, 2.75) is 39.1 Å². The number of primary amides is 1. The first kappa shape index (κ1) is 21.5. The third-order valence-corrected chi connectivity index (χ3v) is 5.18. The maximum absolute atomic E-state index is 15.1. The topological polar surface area (TPSA) is 111 Å². The van der Waals surface area contributed by atoms with Crippen LogP contribution in [0.2, 0.25) is 0 Å². The standard InChI is InChI=1S/C20H21F3N4O3/c1-4-5-12(28)26-11-6-20(23,30)8-27(7-11)18-13-9(2)10(3)25-17(13)14(19(24)29)15(21)16(18)22/h11,25,30H,6-8H2,1-3H3,(H2,24,29)(H,26,28)/t11-,20?/m0/s1. The van der Waals surface area contributed by atoms with Crippen molar-refractivity contribution in [2.24, 2.45) is 5.73 Å². The number of aryl methyl sites for hydroxylation is 2. The Balaban J connectivity index is 2.18. The van der Waals surface area contributed by atoms with Crippen molar-refractivity contribution in [1.29, 1.82) is 0 Å². The molecule has 2 heterocycles. The summed E-state index contributed by atoms with van der Waals surface area (Å²) in [5.74, 6) is -2.86. The summed E-state index contributed by atoms with van der Waals surface area (Å²) in [6.07, 6.45) is -0.446. The van der Waals surface area contributed by atoms with Crippen LogP contribution in [0.5, 0.6) is 0 Å².